The van der Waals surface area contributed by atoms with E-state index in [4.69, 9.17) is 9.47 Å². The summed E-state index contributed by atoms with van der Waals surface area (Å²) in [5.41, 5.74) is 2.25. The first-order valence-electron chi connectivity index (χ1n) is 9.12. The topological polar surface area (TPSA) is 88.2 Å². The van der Waals surface area contributed by atoms with Crippen LogP contribution in [0.15, 0.2) is 42.5 Å². The fraction of sp³-hybridized carbons (Fsp3) is 0.286. The molecular weight excluding hydrogens is 374 g/mol. The Hall–Kier alpha value is -3.55. The number of nitrogens with one attached hydrogen (secondary N) is 1. The third kappa shape index (κ3) is 4.48. The van der Waals surface area contributed by atoms with E-state index in [0.29, 0.717) is 22.9 Å². The van der Waals surface area contributed by atoms with Crippen LogP contribution in [-0.4, -0.2) is 56.5 Å². The molecule has 2 aromatic rings. The van der Waals surface area contributed by atoms with Gasteiger partial charge in [-0.25, -0.2) is 0 Å². The summed E-state index contributed by atoms with van der Waals surface area (Å²) in [4.78, 5) is 40.0. The molecule has 0 unspecified atom stereocenters. The lowest BCUT2D eigenvalue weighted by Crippen LogP contribution is -2.56. The molecule has 3 rings (SSSR count). The average molecular weight is 397 g/mol. The van der Waals surface area contributed by atoms with Crippen LogP contribution >= 0.6 is 0 Å². The van der Waals surface area contributed by atoms with Crippen molar-refractivity contribution in [1.29, 1.82) is 0 Å². The minimum absolute atomic E-state index is 0.182. The molecule has 2 aromatic carbocycles. The monoisotopic (exact) mass is 397 g/mol. The smallest absolute Gasteiger partial charge is 0.316 e. The van der Waals surface area contributed by atoms with Gasteiger partial charge in [0, 0.05) is 30.5 Å². The van der Waals surface area contributed by atoms with Crippen LogP contribution in [0.3, 0.4) is 0 Å². The van der Waals surface area contributed by atoms with Gasteiger partial charge in [-0.15, -0.1) is 0 Å². The molecule has 0 aliphatic carbocycles. The van der Waals surface area contributed by atoms with E-state index in [9.17, 15) is 14.4 Å². The van der Waals surface area contributed by atoms with Crippen molar-refractivity contribution in [3.05, 3.63) is 48.0 Å². The number of piperazine rings is 1. The first kappa shape index (κ1) is 20.2. The van der Waals surface area contributed by atoms with E-state index in [1.165, 1.54) is 24.0 Å². The predicted octanol–water partition coefficient (Wildman–Crippen LogP) is 1.83. The van der Waals surface area contributed by atoms with E-state index in [1.54, 1.807) is 30.3 Å². The van der Waals surface area contributed by atoms with Gasteiger partial charge in [-0.1, -0.05) is 17.7 Å². The Bertz CT molecular complexity index is 926. The summed E-state index contributed by atoms with van der Waals surface area (Å²) < 4.78 is 10.5. The molecule has 8 heteroatoms. The average Bonchev–Trinajstić information content (AvgIpc) is 2.72. The zero-order valence-electron chi connectivity index (χ0n) is 16.6. The van der Waals surface area contributed by atoms with E-state index in [-0.39, 0.29) is 25.5 Å². The third-order valence-electron chi connectivity index (χ3n) is 4.66. The maximum absolute atomic E-state index is 12.6. The van der Waals surface area contributed by atoms with Crippen LogP contribution in [0.25, 0.3) is 0 Å². The van der Waals surface area contributed by atoms with Crippen LogP contribution in [-0.2, 0) is 14.4 Å². The van der Waals surface area contributed by atoms with Gasteiger partial charge in [0.15, 0.2) is 11.5 Å². The van der Waals surface area contributed by atoms with E-state index < -0.39 is 11.8 Å². The molecule has 0 radical (unpaired) electrons. The van der Waals surface area contributed by atoms with Crippen molar-refractivity contribution < 1.29 is 23.9 Å². The summed E-state index contributed by atoms with van der Waals surface area (Å²) in [6.07, 6.45) is 0. The quantitative estimate of drug-likeness (QED) is 0.752. The maximum Gasteiger partial charge on any atom is 0.316 e. The molecule has 0 saturated carbocycles. The molecule has 152 valence electrons. The Morgan fingerprint density at radius 3 is 2.31 bits per heavy atom. The number of carbonyl (C=O) groups excluding carboxylic acids is 3. The number of aryl methyl sites for hydroxylation is 1. The van der Waals surface area contributed by atoms with Gasteiger partial charge in [0.1, 0.15) is 6.54 Å². The molecule has 0 bridgehead atoms. The Kier molecular flexibility index (Phi) is 6.01. The second-order valence-electron chi connectivity index (χ2n) is 6.64. The normalized spacial score (nSPS) is 14.0. The summed E-state index contributed by atoms with van der Waals surface area (Å²) in [6, 6.07) is 12.3. The largest absolute Gasteiger partial charge is 0.493 e. The van der Waals surface area contributed by atoms with E-state index in [2.05, 4.69) is 5.32 Å². The van der Waals surface area contributed by atoms with E-state index >= 15 is 0 Å². The zero-order chi connectivity index (χ0) is 21.0. The summed E-state index contributed by atoms with van der Waals surface area (Å²) in [6.45, 7) is 2.30. The Morgan fingerprint density at radius 2 is 1.66 bits per heavy atom. The van der Waals surface area contributed by atoms with Crippen LogP contribution < -0.4 is 19.7 Å². The van der Waals surface area contributed by atoms with Crippen molar-refractivity contribution in [1.82, 2.24) is 4.90 Å². The van der Waals surface area contributed by atoms with Crippen LogP contribution in [0.4, 0.5) is 11.4 Å². The molecule has 1 N–H and O–H groups in total. The van der Waals surface area contributed by atoms with Crippen molar-refractivity contribution >= 4 is 29.1 Å². The number of hydrogen-bond donors (Lipinski definition) is 1. The zero-order valence-corrected chi connectivity index (χ0v) is 16.6. The lowest BCUT2D eigenvalue weighted by atomic mass is 10.2. The van der Waals surface area contributed by atoms with Crippen LogP contribution in [0.5, 0.6) is 11.5 Å². The Balaban J connectivity index is 1.65. The fourth-order valence-electron chi connectivity index (χ4n) is 3.08. The number of hydrogen-bond acceptors (Lipinski definition) is 5. The highest BCUT2D eigenvalue weighted by molar-refractivity contribution is 6.41. The third-order valence-corrected chi connectivity index (χ3v) is 4.66. The molecule has 0 atom stereocenters. The molecule has 0 spiro atoms. The number of anilines is 2. The highest BCUT2D eigenvalue weighted by Crippen LogP contribution is 2.32. The molecule has 3 amide bonds. The van der Waals surface area contributed by atoms with Crippen molar-refractivity contribution in [3.63, 3.8) is 0 Å². The minimum Gasteiger partial charge on any atom is -0.493 e. The molecule has 29 heavy (non-hydrogen) atoms. The first-order chi connectivity index (χ1) is 13.9. The second kappa shape index (κ2) is 8.64. The summed E-state index contributed by atoms with van der Waals surface area (Å²) in [5, 5.41) is 2.73. The Labute approximate surface area is 169 Å². The van der Waals surface area contributed by atoms with Crippen LogP contribution in [0.1, 0.15) is 5.56 Å². The van der Waals surface area contributed by atoms with Crippen molar-refractivity contribution in [2.24, 2.45) is 0 Å². The predicted molar refractivity (Wildman–Crippen MR) is 108 cm³/mol. The fourth-order valence-corrected chi connectivity index (χ4v) is 3.08. The molecule has 1 fully saturated rings. The van der Waals surface area contributed by atoms with Crippen molar-refractivity contribution in [2.45, 2.75) is 6.92 Å². The van der Waals surface area contributed by atoms with Gasteiger partial charge >= 0.3 is 11.8 Å². The number of benzene rings is 2. The number of ether oxygens (including phenoxy) is 2. The van der Waals surface area contributed by atoms with Gasteiger partial charge < -0.3 is 24.6 Å². The maximum atomic E-state index is 12.6. The van der Waals surface area contributed by atoms with Crippen LogP contribution in [0, 0.1) is 6.92 Å². The SMILES string of the molecule is COc1ccc(N2CCN(CC(=O)Nc3ccc(C)cc3)C(=O)C2=O)cc1OC. The summed E-state index contributed by atoms with van der Waals surface area (Å²) >= 11 is 0. The first-order valence-corrected chi connectivity index (χ1v) is 9.12. The number of nitrogens with zero attached hydrogens (tertiary/aromatic N) is 2. The van der Waals surface area contributed by atoms with Gasteiger partial charge in [-0.3, -0.25) is 14.4 Å². The highest BCUT2D eigenvalue weighted by atomic mass is 16.5. The number of carbonyl (C=O) groups is 3. The van der Waals surface area contributed by atoms with Gasteiger partial charge in [0.25, 0.3) is 0 Å². The van der Waals surface area contributed by atoms with Crippen molar-refractivity contribution in [2.75, 3.05) is 44.1 Å². The minimum atomic E-state index is -0.718. The van der Waals surface area contributed by atoms with Gasteiger partial charge in [-0.2, -0.15) is 0 Å². The Morgan fingerprint density at radius 1 is 0.966 bits per heavy atom. The van der Waals surface area contributed by atoms with Gasteiger partial charge in [-0.05, 0) is 31.2 Å². The van der Waals surface area contributed by atoms with E-state index in [1.807, 2.05) is 19.1 Å². The lowest BCUT2D eigenvalue weighted by molar-refractivity contribution is -0.147. The molecule has 0 aromatic heterocycles. The molecule has 1 saturated heterocycles. The van der Waals surface area contributed by atoms with Crippen LogP contribution in [0.2, 0.25) is 0 Å². The number of amides is 3. The molecule has 1 aliphatic heterocycles. The lowest BCUT2D eigenvalue weighted by Gasteiger charge is -2.33. The summed E-state index contributed by atoms with van der Waals surface area (Å²) in [7, 11) is 3.02. The number of methoxy groups -OCH3 is 2. The summed E-state index contributed by atoms with van der Waals surface area (Å²) in [5.74, 6) is -0.766. The molecule has 1 aliphatic rings. The standard InChI is InChI=1S/C21H23N3O5/c1-14-4-6-15(7-5-14)22-19(25)13-23-10-11-24(21(27)20(23)26)16-8-9-17(28-2)18(12-16)29-3/h4-9,12H,10-11,13H2,1-3H3,(H,22,25). The molecule has 8 nitrogen and oxygen atoms in total. The number of rotatable bonds is 6. The molecular formula is C21H23N3O5. The molecule has 1 heterocycles. The van der Waals surface area contributed by atoms with Gasteiger partial charge in [0.2, 0.25) is 5.91 Å². The van der Waals surface area contributed by atoms with E-state index in [0.717, 1.165) is 5.56 Å². The second-order valence-corrected chi connectivity index (χ2v) is 6.64. The van der Waals surface area contributed by atoms with Gasteiger partial charge in [0.05, 0.1) is 14.2 Å². The highest BCUT2D eigenvalue weighted by Gasteiger charge is 2.34. The van der Waals surface area contributed by atoms with Crippen molar-refractivity contribution in [3.8, 4) is 11.5 Å².